The zero-order valence-corrected chi connectivity index (χ0v) is 12.1. The molecule has 0 unspecified atom stereocenters. The summed E-state index contributed by atoms with van der Waals surface area (Å²) >= 11 is 5.84. The van der Waals surface area contributed by atoms with Gasteiger partial charge in [0.25, 0.3) is 0 Å². The van der Waals surface area contributed by atoms with Crippen LogP contribution in [-0.4, -0.2) is 9.97 Å². The van der Waals surface area contributed by atoms with Crippen molar-refractivity contribution in [3.8, 4) is 0 Å². The molecule has 1 N–H and O–H groups in total. The number of halogens is 1. The molecule has 0 aliphatic rings. The average molecular weight is 296 g/mol. The molecule has 0 fully saturated rings. The summed E-state index contributed by atoms with van der Waals surface area (Å²) in [6, 6.07) is 20.4. The minimum Gasteiger partial charge on any atom is -0.340 e. The summed E-state index contributed by atoms with van der Waals surface area (Å²) in [5.74, 6) is 0.686. The molecular formula is C17H14ClN3. The van der Waals surface area contributed by atoms with Crippen molar-refractivity contribution in [3.05, 3.63) is 83.3 Å². The van der Waals surface area contributed by atoms with Crippen molar-refractivity contribution in [3.63, 3.8) is 0 Å². The molecule has 3 aromatic rings. The van der Waals surface area contributed by atoms with E-state index in [4.69, 9.17) is 11.6 Å². The largest absolute Gasteiger partial charge is 0.340 e. The Morgan fingerprint density at radius 3 is 2.29 bits per heavy atom. The van der Waals surface area contributed by atoms with Gasteiger partial charge in [-0.3, -0.25) is 0 Å². The summed E-state index contributed by atoms with van der Waals surface area (Å²) in [6.45, 7) is 0. The second kappa shape index (κ2) is 6.37. The van der Waals surface area contributed by atoms with Crippen molar-refractivity contribution in [2.24, 2.45) is 0 Å². The molecule has 0 saturated heterocycles. The molecule has 0 atom stereocenters. The second-order valence-corrected chi connectivity index (χ2v) is 5.10. The fourth-order valence-corrected chi connectivity index (χ4v) is 2.23. The number of aromatic nitrogens is 2. The maximum absolute atomic E-state index is 5.84. The molecule has 1 heterocycles. The summed E-state index contributed by atoms with van der Waals surface area (Å²) in [5, 5.41) is 3.62. The zero-order chi connectivity index (χ0) is 14.5. The molecule has 0 spiro atoms. The number of hydrogen-bond acceptors (Lipinski definition) is 3. The molecule has 0 aliphatic carbocycles. The van der Waals surface area contributed by atoms with Gasteiger partial charge in [-0.05, 0) is 29.7 Å². The van der Waals surface area contributed by atoms with Crippen molar-refractivity contribution < 1.29 is 0 Å². The van der Waals surface area contributed by atoms with E-state index >= 15 is 0 Å². The third-order valence-corrected chi connectivity index (χ3v) is 3.32. The number of rotatable bonds is 4. The normalized spacial score (nSPS) is 10.3. The van der Waals surface area contributed by atoms with Gasteiger partial charge in [-0.15, -0.1) is 0 Å². The van der Waals surface area contributed by atoms with Crippen LogP contribution in [0.3, 0.4) is 0 Å². The molecule has 0 saturated carbocycles. The van der Waals surface area contributed by atoms with E-state index < -0.39 is 0 Å². The minimum atomic E-state index is 0.424. The SMILES string of the molecule is Clc1cc(Nc2ccc(Cc3ccccc3)cc2)ncn1. The Balaban J connectivity index is 1.69. The van der Waals surface area contributed by atoms with E-state index in [1.54, 1.807) is 6.07 Å². The van der Waals surface area contributed by atoms with Crippen molar-refractivity contribution in [1.82, 2.24) is 9.97 Å². The Morgan fingerprint density at radius 2 is 1.57 bits per heavy atom. The van der Waals surface area contributed by atoms with Crippen LogP contribution >= 0.6 is 11.6 Å². The van der Waals surface area contributed by atoms with Crippen LogP contribution in [0.4, 0.5) is 11.5 Å². The summed E-state index contributed by atoms with van der Waals surface area (Å²) in [4.78, 5) is 7.98. The standard InChI is InChI=1S/C17H14ClN3/c18-16-11-17(20-12-19-16)21-15-8-6-14(7-9-15)10-13-4-2-1-3-5-13/h1-9,11-12H,10H2,(H,19,20,21). The lowest BCUT2D eigenvalue weighted by Gasteiger charge is -2.07. The smallest absolute Gasteiger partial charge is 0.135 e. The van der Waals surface area contributed by atoms with Crippen LogP contribution in [0.5, 0.6) is 0 Å². The molecule has 0 bridgehead atoms. The number of nitrogens with one attached hydrogen (secondary N) is 1. The van der Waals surface area contributed by atoms with Gasteiger partial charge in [0.2, 0.25) is 0 Å². The minimum absolute atomic E-state index is 0.424. The van der Waals surface area contributed by atoms with Gasteiger partial charge in [0.15, 0.2) is 0 Å². The first-order chi connectivity index (χ1) is 10.3. The van der Waals surface area contributed by atoms with Crippen LogP contribution in [0.25, 0.3) is 0 Å². The van der Waals surface area contributed by atoms with Crippen LogP contribution in [0.15, 0.2) is 67.0 Å². The predicted molar refractivity (Wildman–Crippen MR) is 86.0 cm³/mol. The Bertz CT molecular complexity index is 712. The fourth-order valence-electron chi connectivity index (χ4n) is 2.09. The Morgan fingerprint density at radius 1 is 0.857 bits per heavy atom. The van der Waals surface area contributed by atoms with Crippen LogP contribution in [0.1, 0.15) is 11.1 Å². The predicted octanol–water partition coefficient (Wildman–Crippen LogP) is 4.46. The van der Waals surface area contributed by atoms with E-state index in [1.165, 1.54) is 17.5 Å². The lowest BCUT2D eigenvalue weighted by molar-refractivity contribution is 1.16. The van der Waals surface area contributed by atoms with E-state index in [2.05, 4.69) is 51.7 Å². The Labute approximate surface area is 128 Å². The van der Waals surface area contributed by atoms with E-state index in [0.29, 0.717) is 11.0 Å². The molecule has 3 nitrogen and oxygen atoms in total. The molecule has 0 amide bonds. The molecule has 0 aliphatic heterocycles. The van der Waals surface area contributed by atoms with Gasteiger partial charge in [0.1, 0.15) is 17.3 Å². The van der Waals surface area contributed by atoms with Crippen molar-refractivity contribution in [1.29, 1.82) is 0 Å². The Hall–Kier alpha value is -2.39. The number of benzene rings is 2. The highest BCUT2D eigenvalue weighted by Gasteiger charge is 1.99. The van der Waals surface area contributed by atoms with Crippen molar-refractivity contribution in [2.75, 3.05) is 5.32 Å². The maximum atomic E-state index is 5.84. The van der Waals surface area contributed by atoms with Gasteiger partial charge < -0.3 is 5.32 Å². The van der Waals surface area contributed by atoms with E-state index in [-0.39, 0.29) is 0 Å². The topological polar surface area (TPSA) is 37.8 Å². The number of anilines is 2. The van der Waals surface area contributed by atoms with Gasteiger partial charge in [0.05, 0.1) is 0 Å². The quantitative estimate of drug-likeness (QED) is 0.722. The lowest BCUT2D eigenvalue weighted by Crippen LogP contribution is -1.95. The molecule has 1 aromatic heterocycles. The first-order valence-corrected chi connectivity index (χ1v) is 7.05. The fraction of sp³-hybridized carbons (Fsp3) is 0.0588. The molecule has 3 rings (SSSR count). The highest BCUT2D eigenvalue weighted by molar-refractivity contribution is 6.29. The van der Waals surface area contributed by atoms with Gasteiger partial charge >= 0.3 is 0 Å². The van der Waals surface area contributed by atoms with Crippen LogP contribution in [0, 0.1) is 0 Å². The van der Waals surface area contributed by atoms with Gasteiger partial charge in [-0.25, -0.2) is 9.97 Å². The van der Waals surface area contributed by atoms with Crippen LogP contribution in [0.2, 0.25) is 5.15 Å². The Kier molecular flexibility index (Phi) is 4.12. The van der Waals surface area contributed by atoms with Crippen molar-refractivity contribution in [2.45, 2.75) is 6.42 Å². The number of nitrogens with zero attached hydrogens (tertiary/aromatic N) is 2. The first-order valence-electron chi connectivity index (χ1n) is 6.67. The molecule has 0 radical (unpaired) electrons. The van der Waals surface area contributed by atoms with Gasteiger partial charge in [-0.1, -0.05) is 54.1 Å². The van der Waals surface area contributed by atoms with E-state index in [0.717, 1.165) is 12.1 Å². The third kappa shape index (κ3) is 3.80. The molecule has 2 aromatic carbocycles. The monoisotopic (exact) mass is 295 g/mol. The summed E-state index contributed by atoms with van der Waals surface area (Å²) in [7, 11) is 0. The summed E-state index contributed by atoms with van der Waals surface area (Å²) in [6.07, 6.45) is 2.37. The molecule has 4 heteroatoms. The van der Waals surface area contributed by atoms with E-state index in [1.807, 2.05) is 18.2 Å². The molecule has 104 valence electrons. The van der Waals surface area contributed by atoms with Crippen LogP contribution < -0.4 is 5.32 Å². The highest BCUT2D eigenvalue weighted by Crippen LogP contribution is 2.18. The zero-order valence-electron chi connectivity index (χ0n) is 11.3. The maximum Gasteiger partial charge on any atom is 0.135 e. The van der Waals surface area contributed by atoms with Gasteiger partial charge in [-0.2, -0.15) is 0 Å². The van der Waals surface area contributed by atoms with E-state index in [9.17, 15) is 0 Å². The van der Waals surface area contributed by atoms with Crippen LogP contribution in [-0.2, 0) is 6.42 Å². The highest BCUT2D eigenvalue weighted by atomic mass is 35.5. The first kappa shape index (κ1) is 13.6. The molecular weight excluding hydrogens is 282 g/mol. The molecule has 21 heavy (non-hydrogen) atoms. The second-order valence-electron chi connectivity index (χ2n) is 4.71. The van der Waals surface area contributed by atoms with Gasteiger partial charge in [0, 0.05) is 11.8 Å². The summed E-state index contributed by atoms with van der Waals surface area (Å²) < 4.78 is 0. The average Bonchev–Trinajstić information content (AvgIpc) is 2.50. The third-order valence-electron chi connectivity index (χ3n) is 3.11. The summed E-state index contributed by atoms with van der Waals surface area (Å²) in [5.41, 5.74) is 3.55. The number of hydrogen-bond donors (Lipinski definition) is 1. The van der Waals surface area contributed by atoms with Crippen molar-refractivity contribution >= 4 is 23.1 Å². The lowest BCUT2D eigenvalue weighted by atomic mass is 10.0.